The Morgan fingerprint density at radius 1 is 1.04 bits per heavy atom. The Morgan fingerprint density at radius 3 is 2.75 bits per heavy atom. The lowest BCUT2D eigenvalue weighted by molar-refractivity contribution is -0.126. The maximum Gasteiger partial charge on any atom is 0.246 e. The van der Waals surface area contributed by atoms with E-state index < -0.39 is 0 Å². The molecule has 0 aromatic heterocycles. The molecule has 0 radical (unpaired) electrons. The highest BCUT2D eigenvalue weighted by molar-refractivity contribution is 5.87. The van der Waals surface area contributed by atoms with Gasteiger partial charge in [0.05, 0.1) is 6.61 Å². The predicted octanol–water partition coefficient (Wildman–Crippen LogP) is 3.69. The van der Waals surface area contributed by atoms with Gasteiger partial charge in [-0.25, -0.2) is 0 Å². The molecule has 1 amide bonds. The highest BCUT2D eigenvalue weighted by Gasteiger charge is 2.13. The third kappa shape index (κ3) is 4.36. The number of nitrogens with zero attached hydrogens (tertiary/aromatic N) is 1. The molecule has 4 heteroatoms. The van der Waals surface area contributed by atoms with Gasteiger partial charge in [-0.05, 0) is 30.9 Å². The van der Waals surface area contributed by atoms with E-state index in [1.165, 1.54) is 6.42 Å². The molecule has 0 bridgehead atoms. The third-order valence-electron chi connectivity index (χ3n) is 4.23. The molecule has 0 saturated carbocycles. The van der Waals surface area contributed by atoms with Gasteiger partial charge in [-0.15, -0.1) is 0 Å². The molecule has 1 aromatic carbocycles. The maximum atomic E-state index is 12.0. The Labute approximate surface area is 143 Å². The Balaban J connectivity index is 1.53. The average molecular weight is 325 g/mol. The fourth-order valence-electron chi connectivity index (χ4n) is 2.92. The topological polar surface area (TPSA) is 38.8 Å². The number of piperidine rings is 1. The minimum Gasteiger partial charge on any atom is -0.467 e. The highest BCUT2D eigenvalue weighted by Crippen LogP contribution is 2.27. The number of allylic oxidation sites excluding steroid dienone is 4. The van der Waals surface area contributed by atoms with Crippen molar-refractivity contribution in [3.05, 3.63) is 59.7 Å². The van der Waals surface area contributed by atoms with Crippen molar-refractivity contribution >= 4 is 12.0 Å². The molecule has 2 aliphatic rings. The van der Waals surface area contributed by atoms with Crippen molar-refractivity contribution in [2.45, 2.75) is 25.9 Å². The summed E-state index contributed by atoms with van der Waals surface area (Å²) >= 11 is 0. The number of benzene rings is 1. The van der Waals surface area contributed by atoms with Crippen molar-refractivity contribution < 1.29 is 14.3 Å². The van der Waals surface area contributed by atoms with Crippen molar-refractivity contribution in [2.75, 3.05) is 19.9 Å². The largest absolute Gasteiger partial charge is 0.467 e. The zero-order chi connectivity index (χ0) is 16.6. The Hall–Kier alpha value is -2.33. The van der Waals surface area contributed by atoms with Crippen LogP contribution in [0.5, 0.6) is 5.75 Å². The van der Waals surface area contributed by atoms with E-state index >= 15 is 0 Å². The van der Waals surface area contributed by atoms with Crippen molar-refractivity contribution in [1.29, 1.82) is 0 Å². The number of hydrogen-bond acceptors (Lipinski definition) is 3. The number of likely N-dealkylation sites (tertiary alicyclic amines) is 1. The van der Waals surface area contributed by atoms with Gasteiger partial charge in [0.2, 0.25) is 5.91 Å². The van der Waals surface area contributed by atoms with Crippen molar-refractivity contribution in [1.82, 2.24) is 4.90 Å². The number of carbonyl (C=O) groups excluding carboxylic acids is 1. The molecule has 24 heavy (non-hydrogen) atoms. The number of hydrogen-bond donors (Lipinski definition) is 0. The van der Waals surface area contributed by atoms with Crippen LogP contribution in [0.3, 0.4) is 0 Å². The average Bonchev–Trinajstić information content (AvgIpc) is 2.65. The second-order valence-corrected chi connectivity index (χ2v) is 5.92. The SMILES string of the molecule is O=C(C=CC=CC=Cc1cccc2c1COCO2)N1CCCCC1. The van der Waals surface area contributed by atoms with Crippen LogP contribution in [0.25, 0.3) is 6.08 Å². The third-order valence-corrected chi connectivity index (χ3v) is 4.23. The van der Waals surface area contributed by atoms with Crippen LogP contribution in [0.1, 0.15) is 30.4 Å². The first-order chi connectivity index (χ1) is 11.8. The molecule has 0 atom stereocenters. The fraction of sp³-hybridized carbons (Fsp3) is 0.350. The first-order valence-electron chi connectivity index (χ1n) is 8.47. The first-order valence-corrected chi connectivity index (χ1v) is 8.47. The second kappa shape index (κ2) is 8.50. The number of carbonyl (C=O) groups is 1. The van der Waals surface area contributed by atoms with Crippen LogP contribution in [0.4, 0.5) is 0 Å². The number of amides is 1. The number of rotatable bonds is 4. The van der Waals surface area contributed by atoms with E-state index in [0.29, 0.717) is 13.4 Å². The van der Waals surface area contributed by atoms with Gasteiger partial charge in [0.1, 0.15) is 5.75 Å². The van der Waals surface area contributed by atoms with Gasteiger partial charge in [0, 0.05) is 24.7 Å². The molecule has 2 aliphatic heterocycles. The molecule has 1 fully saturated rings. The quantitative estimate of drug-likeness (QED) is 0.626. The van der Waals surface area contributed by atoms with E-state index in [4.69, 9.17) is 9.47 Å². The number of ether oxygens (including phenoxy) is 2. The molecular weight excluding hydrogens is 302 g/mol. The molecule has 1 saturated heterocycles. The first kappa shape index (κ1) is 16.5. The summed E-state index contributed by atoms with van der Waals surface area (Å²) in [5, 5.41) is 0. The summed E-state index contributed by atoms with van der Waals surface area (Å²) in [5.41, 5.74) is 2.16. The molecular formula is C20H23NO3. The van der Waals surface area contributed by atoms with Gasteiger partial charge in [0.25, 0.3) is 0 Å². The van der Waals surface area contributed by atoms with Crippen LogP contribution in [0.15, 0.2) is 48.6 Å². The summed E-state index contributed by atoms with van der Waals surface area (Å²) in [5.74, 6) is 0.995. The summed E-state index contributed by atoms with van der Waals surface area (Å²) < 4.78 is 10.8. The predicted molar refractivity (Wildman–Crippen MR) is 94.5 cm³/mol. The zero-order valence-corrected chi connectivity index (χ0v) is 13.8. The minimum atomic E-state index is 0.106. The van der Waals surface area contributed by atoms with Crippen LogP contribution in [-0.4, -0.2) is 30.7 Å². The molecule has 0 aliphatic carbocycles. The summed E-state index contributed by atoms with van der Waals surface area (Å²) in [6.45, 7) is 2.66. The molecule has 126 valence electrons. The lowest BCUT2D eigenvalue weighted by Gasteiger charge is -2.25. The van der Waals surface area contributed by atoms with Gasteiger partial charge in [-0.2, -0.15) is 0 Å². The van der Waals surface area contributed by atoms with Gasteiger partial charge >= 0.3 is 0 Å². The van der Waals surface area contributed by atoms with Crippen LogP contribution in [0, 0.1) is 0 Å². The molecule has 4 nitrogen and oxygen atoms in total. The van der Waals surface area contributed by atoms with E-state index in [2.05, 4.69) is 0 Å². The van der Waals surface area contributed by atoms with E-state index in [-0.39, 0.29) is 5.91 Å². The monoisotopic (exact) mass is 325 g/mol. The Morgan fingerprint density at radius 2 is 1.88 bits per heavy atom. The van der Waals surface area contributed by atoms with Crippen LogP contribution in [0.2, 0.25) is 0 Å². The lowest BCUT2D eigenvalue weighted by Crippen LogP contribution is -2.34. The van der Waals surface area contributed by atoms with Gasteiger partial charge in [-0.1, -0.05) is 42.5 Å². The second-order valence-electron chi connectivity index (χ2n) is 5.92. The van der Waals surface area contributed by atoms with Crippen molar-refractivity contribution in [3.63, 3.8) is 0 Å². The summed E-state index contributed by atoms with van der Waals surface area (Å²) in [6.07, 6.45) is 14.7. The lowest BCUT2D eigenvalue weighted by atomic mass is 10.1. The molecule has 0 spiro atoms. The summed E-state index contributed by atoms with van der Waals surface area (Å²) in [6, 6.07) is 5.97. The maximum absolute atomic E-state index is 12.0. The Kier molecular flexibility index (Phi) is 5.85. The van der Waals surface area contributed by atoms with E-state index in [1.807, 2.05) is 47.4 Å². The molecule has 2 heterocycles. The van der Waals surface area contributed by atoms with Crippen LogP contribution in [-0.2, 0) is 16.1 Å². The molecule has 1 aromatic rings. The zero-order valence-electron chi connectivity index (χ0n) is 13.8. The smallest absolute Gasteiger partial charge is 0.246 e. The van der Waals surface area contributed by atoms with Crippen molar-refractivity contribution in [2.24, 2.45) is 0 Å². The number of fused-ring (bicyclic) bond motifs is 1. The van der Waals surface area contributed by atoms with E-state index in [1.54, 1.807) is 12.2 Å². The van der Waals surface area contributed by atoms with Crippen LogP contribution >= 0.6 is 0 Å². The normalized spacial score (nSPS) is 18.2. The van der Waals surface area contributed by atoms with Gasteiger partial charge in [-0.3, -0.25) is 4.79 Å². The molecule has 0 N–H and O–H groups in total. The summed E-state index contributed by atoms with van der Waals surface area (Å²) in [4.78, 5) is 13.9. The van der Waals surface area contributed by atoms with Crippen molar-refractivity contribution in [3.8, 4) is 5.75 Å². The Bertz CT molecular complexity index is 655. The summed E-state index contributed by atoms with van der Waals surface area (Å²) in [7, 11) is 0. The van der Waals surface area contributed by atoms with Gasteiger partial charge in [0.15, 0.2) is 6.79 Å². The van der Waals surface area contributed by atoms with Crippen LogP contribution < -0.4 is 4.74 Å². The van der Waals surface area contributed by atoms with E-state index in [0.717, 1.165) is 42.8 Å². The van der Waals surface area contributed by atoms with E-state index in [9.17, 15) is 4.79 Å². The minimum absolute atomic E-state index is 0.106. The van der Waals surface area contributed by atoms with Gasteiger partial charge < -0.3 is 14.4 Å². The standard InChI is InChI=1S/C20H23NO3/c22-20(21-13-6-3-7-14-21)12-5-2-1-4-9-17-10-8-11-19-18(17)15-23-16-24-19/h1-2,4-5,8-12H,3,6-7,13-16H2. The molecule has 3 rings (SSSR count). The highest BCUT2D eigenvalue weighted by atomic mass is 16.7. The molecule has 0 unspecified atom stereocenters. The fourth-order valence-corrected chi connectivity index (χ4v) is 2.92.